The van der Waals surface area contributed by atoms with E-state index in [1.54, 1.807) is 20.8 Å². The predicted molar refractivity (Wildman–Crippen MR) is 66.3 cm³/mol. The number of carbonyl (C=O) groups is 1. The van der Waals surface area contributed by atoms with Crippen LogP contribution in [0.2, 0.25) is 5.02 Å². The van der Waals surface area contributed by atoms with E-state index in [1.807, 2.05) is 0 Å². The molecule has 0 aliphatic rings. The molecule has 0 amide bonds. The number of esters is 1. The molecule has 1 aromatic carbocycles. The molecule has 0 aliphatic heterocycles. The van der Waals surface area contributed by atoms with Crippen molar-refractivity contribution in [3.8, 4) is 0 Å². The normalized spacial score (nSPS) is 11.8. The molecule has 0 atom stereocenters. The zero-order valence-corrected chi connectivity index (χ0v) is 10.7. The SMILES string of the molecule is CC(C)(C)OC(=O)/C=C/c1ccc(F)c(Cl)c1. The summed E-state index contributed by atoms with van der Waals surface area (Å²) in [5.41, 5.74) is 0.115. The minimum Gasteiger partial charge on any atom is -0.457 e. The zero-order valence-electron chi connectivity index (χ0n) is 9.96. The third-order valence-corrected chi connectivity index (χ3v) is 2.05. The van der Waals surface area contributed by atoms with E-state index in [0.29, 0.717) is 5.56 Å². The van der Waals surface area contributed by atoms with E-state index in [0.717, 1.165) is 0 Å². The molecule has 0 bridgehead atoms. The summed E-state index contributed by atoms with van der Waals surface area (Å²) < 4.78 is 18.0. The summed E-state index contributed by atoms with van der Waals surface area (Å²) in [5.74, 6) is -0.931. The summed E-state index contributed by atoms with van der Waals surface area (Å²) in [6.45, 7) is 5.36. The molecule has 0 unspecified atom stereocenters. The Morgan fingerprint density at radius 1 is 1.41 bits per heavy atom. The number of benzene rings is 1. The van der Waals surface area contributed by atoms with Crippen LogP contribution in [0.5, 0.6) is 0 Å². The van der Waals surface area contributed by atoms with Gasteiger partial charge in [0, 0.05) is 6.08 Å². The molecular formula is C13H14ClFO2. The maximum atomic E-state index is 12.9. The van der Waals surface area contributed by atoms with Crippen LogP contribution >= 0.6 is 11.6 Å². The number of hydrogen-bond acceptors (Lipinski definition) is 2. The van der Waals surface area contributed by atoms with Crippen LogP contribution in [0.3, 0.4) is 0 Å². The second-order valence-corrected chi connectivity index (χ2v) is 4.95. The molecule has 0 N–H and O–H groups in total. The molecule has 4 heteroatoms. The summed E-state index contributed by atoms with van der Waals surface area (Å²) in [7, 11) is 0. The lowest BCUT2D eigenvalue weighted by Crippen LogP contribution is -2.22. The highest BCUT2D eigenvalue weighted by Gasteiger charge is 2.13. The minimum absolute atomic E-state index is 0.0244. The molecule has 1 aromatic rings. The first kappa shape index (κ1) is 13.7. The Morgan fingerprint density at radius 2 is 2.06 bits per heavy atom. The van der Waals surface area contributed by atoms with Crippen molar-refractivity contribution in [2.24, 2.45) is 0 Å². The van der Waals surface area contributed by atoms with Crippen LogP contribution in [-0.4, -0.2) is 11.6 Å². The van der Waals surface area contributed by atoms with Crippen molar-refractivity contribution in [3.63, 3.8) is 0 Å². The fraction of sp³-hybridized carbons (Fsp3) is 0.308. The summed E-state index contributed by atoms with van der Waals surface area (Å²) in [5, 5.41) is 0.0244. The highest BCUT2D eigenvalue weighted by molar-refractivity contribution is 6.30. The van der Waals surface area contributed by atoms with Crippen molar-refractivity contribution in [1.29, 1.82) is 0 Å². The summed E-state index contributed by atoms with van der Waals surface area (Å²) in [6.07, 6.45) is 2.81. The van der Waals surface area contributed by atoms with E-state index in [9.17, 15) is 9.18 Å². The predicted octanol–water partition coefficient (Wildman–Crippen LogP) is 3.83. The van der Waals surface area contributed by atoms with Crippen molar-refractivity contribution in [2.45, 2.75) is 26.4 Å². The van der Waals surface area contributed by atoms with Gasteiger partial charge >= 0.3 is 5.97 Å². The third-order valence-electron chi connectivity index (χ3n) is 1.76. The van der Waals surface area contributed by atoms with E-state index in [1.165, 1.54) is 30.4 Å². The molecule has 0 radical (unpaired) electrons. The highest BCUT2D eigenvalue weighted by Crippen LogP contribution is 2.17. The topological polar surface area (TPSA) is 26.3 Å². The van der Waals surface area contributed by atoms with Gasteiger partial charge in [0.25, 0.3) is 0 Å². The lowest BCUT2D eigenvalue weighted by Gasteiger charge is -2.17. The van der Waals surface area contributed by atoms with Crippen LogP contribution in [0.4, 0.5) is 4.39 Å². The standard InChI is InChI=1S/C13H14ClFO2/c1-13(2,3)17-12(16)7-5-9-4-6-11(15)10(14)8-9/h4-8H,1-3H3/b7-5+. The van der Waals surface area contributed by atoms with Crippen molar-refractivity contribution in [1.82, 2.24) is 0 Å². The molecule has 2 nitrogen and oxygen atoms in total. The van der Waals surface area contributed by atoms with Crippen LogP contribution in [0.15, 0.2) is 24.3 Å². The van der Waals surface area contributed by atoms with Crippen LogP contribution < -0.4 is 0 Å². The second-order valence-electron chi connectivity index (χ2n) is 4.54. The first-order valence-electron chi connectivity index (χ1n) is 5.14. The van der Waals surface area contributed by atoms with E-state index in [2.05, 4.69) is 0 Å². The summed E-state index contributed by atoms with van der Waals surface area (Å²) in [4.78, 5) is 11.4. The first-order chi connectivity index (χ1) is 7.78. The van der Waals surface area contributed by atoms with Crippen molar-refractivity contribution in [3.05, 3.63) is 40.7 Å². The van der Waals surface area contributed by atoms with Gasteiger partial charge in [-0.2, -0.15) is 0 Å². The fourth-order valence-electron chi connectivity index (χ4n) is 1.12. The van der Waals surface area contributed by atoms with Crippen LogP contribution in [-0.2, 0) is 9.53 Å². The van der Waals surface area contributed by atoms with Crippen LogP contribution in [0, 0.1) is 5.82 Å². The Hall–Kier alpha value is -1.35. The summed E-state index contributed by atoms with van der Waals surface area (Å²) in [6, 6.07) is 4.22. The second kappa shape index (κ2) is 5.32. The largest absolute Gasteiger partial charge is 0.457 e. The highest BCUT2D eigenvalue weighted by atomic mass is 35.5. The Kier molecular flexibility index (Phi) is 4.29. The van der Waals surface area contributed by atoms with Gasteiger partial charge in [-0.05, 0) is 44.5 Å². The molecular weight excluding hydrogens is 243 g/mol. The Labute approximate surface area is 105 Å². The van der Waals surface area contributed by atoms with Gasteiger partial charge in [-0.1, -0.05) is 17.7 Å². The molecule has 0 saturated carbocycles. The lowest BCUT2D eigenvalue weighted by atomic mass is 10.2. The van der Waals surface area contributed by atoms with Gasteiger partial charge in [0.05, 0.1) is 5.02 Å². The monoisotopic (exact) mass is 256 g/mol. The van der Waals surface area contributed by atoms with Gasteiger partial charge in [0.1, 0.15) is 11.4 Å². The Bertz CT molecular complexity index is 447. The average Bonchev–Trinajstić information content (AvgIpc) is 2.17. The molecule has 0 heterocycles. The first-order valence-corrected chi connectivity index (χ1v) is 5.52. The van der Waals surface area contributed by atoms with Gasteiger partial charge in [0.15, 0.2) is 0 Å². The number of rotatable bonds is 2. The lowest BCUT2D eigenvalue weighted by molar-refractivity contribution is -0.148. The quantitative estimate of drug-likeness (QED) is 0.594. The smallest absolute Gasteiger partial charge is 0.331 e. The van der Waals surface area contributed by atoms with E-state index in [4.69, 9.17) is 16.3 Å². The average molecular weight is 257 g/mol. The van der Waals surface area contributed by atoms with Gasteiger partial charge in [-0.3, -0.25) is 0 Å². The molecule has 17 heavy (non-hydrogen) atoms. The number of carbonyl (C=O) groups excluding carboxylic acids is 1. The maximum absolute atomic E-state index is 12.9. The molecule has 0 saturated heterocycles. The molecule has 0 fully saturated rings. The van der Waals surface area contributed by atoms with Gasteiger partial charge < -0.3 is 4.74 Å². The minimum atomic E-state index is -0.526. The summed E-state index contributed by atoms with van der Waals surface area (Å²) >= 11 is 5.61. The van der Waals surface area contributed by atoms with Gasteiger partial charge in [0.2, 0.25) is 0 Å². The fourth-order valence-corrected chi connectivity index (χ4v) is 1.31. The maximum Gasteiger partial charge on any atom is 0.331 e. The van der Waals surface area contributed by atoms with Crippen molar-refractivity contribution in [2.75, 3.05) is 0 Å². The molecule has 92 valence electrons. The number of hydrogen-bond donors (Lipinski definition) is 0. The van der Waals surface area contributed by atoms with Crippen molar-refractivity contribution >= 4 is 23.6 Å². The van der Waals surface area contributed by atoms with Gasteiger partial charge in [-0.25, -0.2) is 9.18 Å². The van der Waals surface area contributed by atoms with Gasteiger partial charge in [-0.15, -0.1) is 0 Å². The van der Waals surface area contributed by atoms with Crippen LogP contribution in [0.25, 0.3) is 6.08 Å². The van der Waals surface area contributed by atoms with E-state index >= 15 is 0 Å². The number of halogens is 2. The van der Waals surface area contributed by atoms with Crippen LogP contribution in [0.1, 0.15) is 26.3 Å². The molecule has 1 rings (SSSR count). The molecule has 0 aromatic heterocycles. The Balaban J connectivity index is 2.71. The zero-order chi connectivity index (χ0) is 13.1. The molecule has 0 spiro atoms. The van der Waals surface area contributed by atoms with Crippen molar-refractivity contribution < 1.29 is 13.9 Å². The third kappa shape index (κ3) is 5.00. The number of ether oxygens (including phenoxy) is 1. The Morgan fingerprint density at radius 3 is 2.59 bits per heavy atom. The van der Waals surface area contributed by atoms with E-state index in [-0.39, 0.29) is 5.02 Å². The van der Waals surface area contributed by atoms with E-state index < -0.39 is 17.4 Å². The molecule has 0 aliphatic carbocycles.